The van der Waals surface area contributed by atoms with Crippen molar-refractivity contribution in [2.45, 2.75) is 57.4 Å². The van der Waals surface area contributed by atoms with Crippen LogP contribution in [0.2, 0.25) is 0 Å². The maximum atomic E-state index is 5.81. The average Bonchev–Trinajstić information content (AvgIpc) is 3.28. The summed E-state index contributed by atoms with van der Waals surface area (Å²) in [7, 11) is 0. The van der Waals surface area contributed by atoms with E-state index in [4.69, 9.17) is 4.74 Å². The van der Waals surface area contributed by atoms with Gasteiger partial charge in [0.25, 0.3) is 0 Å². The van der Waals surface area contributed by atoms with Gasteiger partial charge < -0.3 is 10.1 Å². The molecule has 2 atom stereocenters. The fourth-order valence-corrected chi connectivity index (χ4v) is 3.12. The molecule has 2 rings (SSSR count). The van der Waals surface area contributed by atoms with Gasteiger partial charge in [-0.1, -0.05) is 32.9 Å². The van der Waals surface area contributed by atoms with Gasteiger partial charge >= 0.3 is 0 Å². The highest BCUT2D eigenvalue weighted by Gasteiger charge is 2.23. The maximum absolute atomic E-state index is 5.81. The second-order valence-electron chi connectivity index (χ2n) is 5.55. The van der Waals surface area contributed by atoms with Crippen LogP contribution >= 0.6 is 11.8 Å². The van der Waals surface area contributed by atoms with Crippen LogP contribution in [0.15, 0.2) is 24.3 Å². The lowest BCUT2D eigenvalue weighted by molar-refractivity contribution is 0.303. The van der Waals surface area contributed by atoms with Crippen LogP contribution in [-0.4, -0.2) is 23.7 Å². The Bertz CT molecular complexity index is 388. The minimum atomic E-state index is 0.439. The van der Waals surface area contributed by atoms with E-state index in [0.717, 1.165) is 23.3 Å². The van der Waals surface area contributed by atoms with Crippen molar-refractivity contribution in [2.75, 3.05) is 12.3 Å². The molecule has 0 saturated heterocycles. The molecule has 2 nitrogen and oxygen atoms in total. The van der Waals surface area contributed by atoms with E-state index in [2.05, 4.69) is 62.1 Å². The first-order chi connectivity index (χ1) is 9.72. The van der Waals surface area contributed by atoms with E-state index < -0.39 is 0 Å². The number of hydrogen-bond donors (Lipinski definition) is 1. The third-order valence-corrected chi connectivity index (χ3v) is 5.11. The molecule has 0 bridgehead atoms. The summed E-state index contributed by atoms with van der Waals surface area (Å²) < 4.78 is 5.81. The van der Waals surface area contributed by atoms with Gasteiger partial charge in [0, 0.05) is 17.0 Å². The second-order valence-corrected chi connectivity index (χ2v) is 7.02. The Morgan fingerprint density at radius 2 is 1.95 bits per heavy atom. The summed E-state index contributed by atoms with van der Waals surface area (Å²) in [6.45, 7) is 7.74. The van der Waals surface area contributed by atoms with Crippen molar-refractivity contribution in [3.8, 4) is 5.75 Å². The molecular weight excluding hydrogens is 266 g/mol. The van der Waals surface area contributed by atoms with Crippen molar-refractivity contribution in [3.05, 3.63) is 29.8 Å². The van der Waals surface area contributed by atoms with Crippen LogP contribution in [0.4, 0.5) is 0 Å². The Morgan fingerprint density at radius 3 is 2.50 bits per heavy atom. The van der Waals surface area contributed by atoms with Gasteiger partial charge in [-0.15, -0.1) is 0 Å². The van der Waals surface area contributed by atoms with Crippen molar-refractivity contribution in [1.82, 2.24) is 5.32 Å². The van der Waals surface area contributed by atoms with Crippen molar-refractivity contribution in [3.63, 3.8) is 0 Å². The number of rotatable bonds is 9. The summed E-state index contributed by atoms with van der Waals surface area (Å²) in [5.41, 5.74) is 1.37. The first kappa shape index (κ1) is 15.7. The standard InChI is InChI=1S/C17H27NOS/c1-4-13(3)20-12-17(18-5-2)14-6-8-15(9-7-14)19-16-10-11-16/h6-9,13,16-18H,4-5,10-12H2,1-3H3. The van der Waals surface area contributed by atoms with Gasteiger partial charge in [-0.2, -0.15) is 11.8 Å². The molecule has 1 aliphatic rings. The van der Waals surface area contributed by atoms with Gasteiger partial charge in [0.2, 0.25) is 0 Å². The molecule has 112 valence electrons. The number of nitrogens with one attached hydrogen (secondary N) is 1. The molecule has 1 aromatic carbocycles. The molecule has 1 saturated carbocycles. The van der Waals surface area contributed by atoms with E-state index in [1.807, 2.05) is 0 Å². The molecule has 1 aliphatic carbocycles. The summed E-state index contributed by atoms with van der Waals surface area (Å²) >= 11 is 2.05. The highest BCUT2D eigenvalue weighted by atomic mass is 32.2. The molecule has 1 aromatic rings. The Kier molecular flexibility index (Phi) is 6.24. The Labute approximate surface area is 127 Å². The van der Waals surface area contributed by atoms with Gasteiger partial charge in [0.15, 0.2) is 0 Å². The van der Waals surface area contributed by atoms with Crippen LogP contribution in [0.3, 0.4) is 0 Å². The predicted octanol–water partition coefficient (Wildman–Crippen LogP) is 4.41. The highest BCUT2D eigenvalue weighted by Crippen LogP contribution is 2.28. The minimum Gasteiger partial charge on any atom is -0.490 e. The van der Waals surface area contributed by atoms with E-state index in [9.17, 15) is 0 Å². The van der Waals surface area contributed by atoms with Crippen molar-refractivity contribution in [1.29, 1.82) is 0 Å². The molecule has 0 spiro atoms. The smallest absolute Gasteiger partial charge is 0.119 e. The molecule has 1 fully saturated rings. The van der Waals surface area contributed by atoms with Crippen LogP contribution in [0.25, 0.3) is 0 Å². The predicted molar refractivity (Wildman–Crippen MR) is 88.7 cm³/mol. The molecule has 0 radical (unpaired) electrons. The summed E-state index contributed by atoms with van der Waals surface area (Å²) in [6, 6.07) is 9.09. The van der Waals surface area contributed by atoms with E-state index in [1.54, 1.807) is 0 Å². The molecule has 0 amide bonds. The normalized spacial score (nSPS) is 17.8. The first-order valence-corrected chi connectivity index (χ1v) is 8.89. The lowest BCUT2D eigenvalue weighted by atomic mass is 10.1. The number of thioether (sulfide) groups is 1. The van der Waals surface area contributed by atoms with Gasteiger partial charge in [-0.3, -0.25) is 0 Å². The van der Waals surface area contributed by atoms with Crippen molar-refractivity contribution in [2.24, 2.45) is 0 Å². The third kappa shape index (κ3) is 5.02. The van der Waals surface area contributed by atoms with E-state index >= 15 is 0 Å². The molecule has 20 heavy (non-hydrogen) atoms. The number of benzene rings is 1. The van der Waals surface area contributed by atoms with E-state index in [1.165, 1.54) is 24.8 Å². The van der Waals surface area contributed by atoms with Gasteiger partial charge in [0.05, 0.1) is 6.10 Å². The Balaban J connectivity index is 1.92. The van der Waals surface area contributed by atoms with Gasteiger partial charge in [-0.25, -0.2) is 0 Å². The van der Waals surface area contributed by atoms with Crippen LogP contribution in [0, 0.1) is 0 Å². The van der Waals surface area contributed by atoms with Crippen molar-refractivity contribution >= 4 is 11.8 Å². The number of ether oxygens (including phenoxy) is 1. The van der Waals surface area contributed by atoms with Crippen LogP contribution < -0.4 is 10.1 Å². The zero-order valence-corrected chi connectivity index (χ0v) is 13.7. The van der Waals surface area contributed by atoms with Gasteiger partial charge in [0.1, 0.15) is 5.75 Å². The third-order valence-electron chi connectivity index (χ3n) is 3.68. The molecule has 0 heterocycles. The summed E-state index contributed by atoms with van der Waals surface area (Å²) in [5.74, 6) is 2.15. The molecule has 2 unspecified atom stereocenters. The average molecular weight is 293 g/mol. The molecular formula is C17H27NOS. The summed E-state index contributed by atoms with van der Waals surface area (Å²) in [6.07, 6.45) is 4.14. The molecule has 3 heteroatoms. The minimum absolute atomic E-state index is 0.439. The SMILES string of the molecule is CCNC(CSC(C)CC)c1ccc(OC2CC2)cc1. The Hall–Kier alpha value is -0.670. The molecule has 0 aliphatic heterocycles. The lowest BCUT2D eigenvalue weighted by Crippen LogP contribution is -2.23. The quantitative estimate of drug-likeness (QED) is 0.728. The highest BCUT2D eigenvalue weighted by molar-refractivity contribution is 7.99. The molecule has 1 N–H and O–H groups in total. The van der Waals surface area contributed by atoms with Crippen LogP contribution in [0.1, 0.15) is 51.6 Å². The number of hydrogen-bond acceptors (Lipinski definition) is 3. The first-order valence-electron chi connectivity index (χ1n) is 7.84. The van der Waals surface area contributed by atoms with E-state index in [0.29, 0.717) is 12.1 Å². The second kappa shape index (κ2) is 7.94. The zero-order valence-electron chi connectivity index (χ0n) is 12.9. The molecule has 0 aromatic heterocycles. The fraction of sp³-hybridized carbons (Fsp3) is 0.647. The summed E-state index contributed by atoms with van der Waals surface area (Å²) in [4.78, 5) is 0. The Morgan fingerprint density at radius 1 is 1.25 bits per heavy atom. The lowest BCUT2D eigenvalue weighted by Gasteiger charge is -2.20. The zero-order chi connectivity index (χ0) is 14.4. The maximum Gasteiger partial charge on any atom is 0.119 e. The topological polar surface area (TPSA) is 21.3 Å². The van der Waals surface area contributed by atoms with Gasteiger partial charge in [-0.05, 0) is 43.5 Å². The summed E-state index contributed by atoms with van der Waals surface area (Å²) in [5, 5.41) is 4.32. The van der Waals surface area contributed by atoms with Crippen LogP contribution in [-0.2, 0) is 0 Å². The monoisotopic (exact) mass is 293 g/mol. The van der Waals surface area contributed by atoms with Crippen LogP contribution in [0.5, 0.6) is 5.75 Å². The van der Waals surface area contributed by atoms with Crippen molar-refractivity contribution < 1.29 is 4.74 Å². The van der Waals surface area contributed by atoms with E-state index in [-0.39, 0.29) is 0 Å². The fourth-order valence-electron chi connectivity index (χ4n) is 2.05. The largest absolute Gasteiger partial charge is 0.490 e.